The van der Waals surface area contributed by atoms with Crippen LogP contribution in [-0.4, -0.2) is 34.9 Å². The summed E-state index contributed by atoms with van der Waals surface area (Å²) in [5.41, 5.74) is 0. The number of unbranched alkanes of at least 4 members (excludes halogenated alkanes) is 4. The molecule has 0 saturated heterocycles. The van der Waals surface area contributed by atoms with Crippen LogP contribution in [-0.2, 0) is 4.79 Å². The van der Waals surface area contributed by atoms with E-state index in [9.17, 15) is 9.90 Å². The van der Waals surface area contributed by atoms with Crippen LogP contribution in [0.1, 0.15) is 46.0 Å². The van der Waals surface area contributed by atoms with Crippen LogP contribution in [0, 0.1) is 0 Å². The minimum absolute atomic E-state index is 0.251. The molecular weight excluding hydrogens is 218 g/mol. The second-order valence-electron chi connectivity index (χ2n) is 4.26. The molecule has 0 rings (SSSR count). The third kappa shape index (κ3) is 8.89. The second kappa shape index (κ2) is 10.3. The highest BCUT2D eigenvalue weighted by Crippen LogP contribution is 2.04. The number of allylic oxidation sites excluding steroid dienone is 1. The summed E-state index contributed by atoms with van der Waals surface area (Å²) in [5.74, 6) is -0.251. The summed E-state index contributed by atoms with van der Waals surface area (Å²) < 4.78 is 0. The summed E-state index contributed by atoms with van der Waals surface area (Å²) >= 11 is 0. The van der Waals surface area contributed by atoms with Crippen molar-refractivity contribution in [1.29, 1.82) is 0 Å². The van der Waals surface area contributed by atoms with Crippen LogP contribution in [0.4, 0.5) is 0 Å². The summed E-state index contributed by atoms with van der Waals surface area (Å²) in [6.07, 6.45) is 8.41. The zero-order valence-corrected chi connectivity index (χ0v) is 10.9. The van der Waals surface area contributed by atoms with Crippen LogP contribution >= 0.6 is 0 Å². The van der Waals surface area contributed by atoms with Crippen LogP contribution in [0.25, 0.3) is 0 Å². The highest BCUT2D eigenvalue weighted by molar-refractivity contribution is 5.73. The van der Waals surface area contributed by atoms with Gasteiger partial charge in [-0.15, -0.1) is 0 Å². The van der Waals surface area contributed by atoms with Crippen molar-refractivity contribution in [1.82, 2.24) is 5.32 Å². The number of nitrogens with one attached hydrogen (secondary N) is 1. The minimum Gasteiger partial charge on any atom is -0.394 e. The number of hydrogen-bond donors (Lipinski definition) is 3. The van der Waals surface area contributed by atoms with Gasteiger partial charge in [-0.3, -0.25) is 4.79 Å². The molecule has 0 aliphatic carbocycles. The molecular formula is C13H25NO3. The number of hydrogen-bond acceptors (Lipinski definition) is 3. The minimum atomic E-state index is -0.824. The van der Waals surface area contributed by atoms with E-state index < -0.39 is 12.1 Å². The van der Waals surface area contributed by atoms with E-state index in [-0.39, 0.29) is 12.5 Å². The molecule has 0 heterocycles. The van der Waals surface area contributed by atoms with E-state index >= 15 is 0 Å². The molecule has 0 fully saturated rings. The lowest BCUT2D eigenvalue weighted by molar-refractivity contribution is -0.120. The monoisotopic (exact) mass is 243 g/mol. The Labute approximate surface area is 104 Å². The van der Waals surface area contributed by atoms with E-state index in [4.69, 9.17) is 5.11 Å². The molecule has 0 aromatic heterocycles. The molecule has 0 aromatic carbocycles. The Morgan fingerprint density at radius 3 is 2.59 bits per heavy atom. The predicted octanol–water partition coefficient (Wildman–Crippen LogP) is 1.37. The molecule has 0 spiro atoms. The molecule has 17 heavy (non-hydrogen) atoms. The topological polar surface area (TPSA) is 69.6 Å². The zero-order chi connectivity index (χ0) is 13.1. The van der Waals surface area contributed by atoms with Crippen LogP contribution in [0.15, 0.2) is 12.2 Å². The normalized spacial score (nSPS) is 14.8. The van der Waals surface area contributed by atoms with E-state index in [1.807, 2.05) is 6.08 Å². The summed E-state index contributed by atoms with van der Waals surface area (Å²) in [6, 6.07) is -0.612. The molecule has 0 aliphatic rings. The summed E-state index contributed by atoms with van der Waals surface area (Å²) in [7, 11) is 0. The van der Waals surface area contributed by atoms with E-state index in [0.717, 1.165) is 12.8 Å². The molecule has 0 bridgehead atoms. The molecule has 1 amide bonds. The lowest BCUT2D eigenvalue weighted by Gasteiger charge is -2.18. The van der Waals surface area contributed by atoms with Gasteiger partial charge >= 0.3 is 0 Å². The van der Waals surface area contributed by atoms with Crippen molar-refractivity contribution in [3.63, 3.8) is 0 Å². The number of carbonyl (C=O) groups excluding carboxylic acids is 1. The zero-order valence-electron chi connectivity index (χ0n) is 10.9. The van der Waals surface area contributed by atoms with Gasteiger partial charge in [-0.2, -0.15) is 0 Å². The molecule has 3 N–H and O–H groups in total. The van der Waals surface area contributed by atoms with Crippen LogP contribution < -0.4 is 5.32 Å². The molecule has 4 nitrogen and oxygen atoms in total. The lowest BCUT2D eigenvalue weighted by atomic mass is 10.1. The van der Waals surface area contributed by atoms with Gasteiger partial charge in [-0.1, -0.05) is 38.3 Å². The number of amides is 1. The fourth-order valence-electron chi connectivity index (χ4n) is 1.56. The second-order valence-corrected chi connectivity index (χ2v) is 4.26. The van der Waals surface area contributed by atoms with Crippen molar-refractivity contribution in [3.8, 4) is 0 Å². The Morgan fingerprint density at radius 1 is 1.35 bits per heavy atom. The molecule has 0 aromatic rings. The maximum atomic E-state index is 10.8. The predicted molar refractivity (Wildman–Crippen MR) is 68.6 cm³/mol. The van der Waals surface area contributed by atoms with Crippen molar-refractivity contribution in [2.75, 3.05) is 6.61 Å². The van der Waals surface area contributed by atoms with E-state index in [0.29, 0.717) is 0 Å². The Balaban J connectivity index is 3.83. The van der Waals surface area contributed by atoms with Crippen molar-refractivity contribution < 1.29 is 15.0 Å². The first-order chi connectivity index (χ1) is 8.11. The first-order valence-electron chi connectivity index (χ1n) is 6.34. The first kappa shape index (κ1) is 16.1. The Hall–Kier alpha value is -0.870. The molecule has 2 unspecified atom stereocenters. The number of carbonyl (C=O) groups is 1. The average Bonchev–Trinajstić information content (AvgIpc) is 2.30. The SMILES string of the molecule is CCCCCC/C=C/C(O)C(CO)NC(C)=O. The maximum Gasteiger partial charge on any atom is 0.217 e. The number of rotatable bonds is 9. The molecule has 0 radical (unpaired) electrons. The van der Waals surface area contributed by atoms with Crippen LogP contribution in [0.2, 0.25) is 0 Å². The van der Waals surface area contributed by atoms with E-state index in [1.54, 1.807) is 6.08 Å². The van der Waals surface area contributed by atoms with Crippen molar-refractivity contribution in [2.24, 2.45) is 0 Å². The van der Waals surface area contributed by atoms with Gasteiger partial charge in [0, 0.05) is 6.92 Å². The van der Waals surface area contributed by atoms with E-state index in [2.05, 4.69) is 12.2 Å². The van der Waals surface area contributed by atoms with Crippen LogP contribution in [0.3, 0.4) is 0 Å². The first-order valence-corrected chi connectivity index (χ1v) is 6.34. The summed E-state index contributed by atoms with van der Waals surface area (Å²) in [6.45, 7) is 3.27. The standard InChI is InChI=1S/C13H25NO3/c1-3-4-5-6-7-8-9-13(17)12(10-15)14-11(2)16/h8-9,12-13,15,17H,3-7,10H2,1-2H3,(H,14,16)/b9-8+. The summed E-state index contributed by atoms with van der Waals surface area (Å²) in [5, 5.41) is 21.2. The molecule has 0 saturated carbocycles. The third-order valence-corrected chi connectivity index (χ3v) is 2.56. The number of aliphatic hydroxyl groups excluding tert-OH is 2. The Morgan fingerprint density at radius 2 is 2.06 bits per heavy atom. The Bertz CT molecular complexity index is 229. The third-order valence-electron chi connectivity index (χ3n) is 2.56. The van der Waals surface area contributed by atoms with Gasteiger partial charge in [-0.05, 0) is 12.8 Å². The molecule has 4 heteroatoms. The van der Waals surface area contributed by atoms with Gasteiger partial charge in [0.2, 0.25) is 5.91 Å². The number of aliphatic hydroxyl groups is 2. The van der Waals surface area contributed by atoms with Crippen molar-refractivity contribution >= 4 is 5.91 Å². The fourth-order valence-corrected chi connectivity index (χ4v) is 1.56. The van der Waals surface area contributed by atoms with Gasteiger partial charge < -0.3 is 15.5 Å². The smallest absolute Gasteiger partial charge is 0.217 e. The van der Waals surface area contributed by atoms with Gasteiger partial charge in [-0.25, -0.2) is 0 Å². The molecule has 2 atom stereocenters. The Kier molecular flexibility index (Phi) is 9.77. The van der Waals surface area contributed by atoms with Gasteiger partial charge in [0.05, 0.1) is 18.8 Å². The van der Waals surface area contributed by atoms with Gasteiger partial charge in [0.25, 0.3) is 0 Å². The van der Waals surface area contributed by atoms with Crippen LogP contribution in [0.5, 0.6) is 0 Å². The fraction of sp³-hybridized carbons (Fsp3) is 0.769. The average molecular weight is 243 g/mol. The van der Waals surface area contributed by atoms with Crippen molar-refractivity contribution in [2.45, 2.75) is 58.1 Å². The highest BCUT2D eigenvalue weighted by atomic mass is 16.3. The van der Waals surface area contributed by atoms with E-state index in [1.165, 1.54) is 26.2 Å². The maximum absolute atomic E-state index is 10.8. The summed E-state index contributed by atoms with van der Waals surface area (Å²) in [4.78, 5) is 10.8. The molecule has 100 valence electrons. The lowest BCUT2D eigenvalue weighted by Crippen LogP contribution is -2.44. The highest BCUT2D eigenvalue weighted by Gasteiger charge is 2.15. The van der Waals surface area contributed by atoms with Gasteiger partial charge in [0.1, 0.15) is 0 Å². The van der Waals surface area contributed by atoms with Gasteiger partial charge in [0.15, 0.2) is 0 Å². The largest absolute Gasteiger partial charge is 0.394 e. The molecule has 0 aliphatic heterocycles. The quantitative estimate of drug-likeness (QED) is 0.423. The van der Waals surface area contributed by atoms with Crippen molar-refractivity contribution in [3.05, 3.63) is 12.2 Å².